The molecule has 0 bridgehead atoms. The van der Waals surface area contributed by atoms with Gasteiger partial charge in [0.2, 0.25) is 5.91 Å². The Morgan fingerprint density at radius 2 is 1.67 bits per heavy atom. The summed E-state index contributed by atoms with van der Waals surface area (Å²) in [5.41, 5.74) is 6.43. The van der Waals surface area contributed by atoms with E-state index in [2.05, 4.69) is 30.3 Å². The Morgan fingerprint density at radius 1 is 1.00 bits per heavy atom. The van der Waals surface area contributed by atoms with E-state index in [-0.39, 0.29) is 5.91 Å². The van der Waals surface area contributed by atoms with Crippen molar-refractivity contribution in [3.63, 3.8) is 0 Å². The minimum absolute atomic E-state index is 0.349. The standard InChI is InChI=1S/C16H23NO/c17-16(18)14-10-5-3-1-2-4-7-11-15-12-8-6-9-13-15/h6,8-10,12-14H,1-5,7,11H2,(H2,17,18)/b14-10+. The lowest BCUT2D eigenvalue weighted by molar-refractivity contribution is -0.113. The van der Waals surface area contributed by atoms with Crippen LogP contribution in [0, 0.1) is 0 Å². The monoisotopic (exact) mass is 245 g/mol. The molecule has 1 amide bonds. The number of carbonyl (C=O) groups excluding carboxylic acids is 1. The molecule has 0 fully saturated rings. The zero-order valence-corrected chi connectivity index (χ0v) is 11.0. The summed E-state index contributed by atoms with van der Waals surface area (Å²) in [6.45, 7) is 0. The topological polar surface area (TPSA) is 43.1 Å². The molecular weight excluding hydrogens is 222 g/mol. The van der Waals surface area contributed by atoms with Gasteiger partial charge in [0.05, 0.1) is 0 Å². The number of nitrogens with two attached hydrogens (primary N) is 1. The van der Waals surface area contributed by atoms with Gasteiger partial charge in [-0.05, 0) is 37.3 Å². The van der Waals surface area contributed by atoms with E-state index in [1.165, 1.54) is 43.7 Å². The second-order valence-electron chi connectivity index (χ2n) is 4.60. The molecule has 1 aromatic rings. The van der Waals surface area contributed by atoms with E-state index in [1.54, 1.807) is 0 Å². The van der Waals surface area contributed by atoms with E-state index in [0.29, 0.717) is 0 Å². The molecule has 2 heteroatoms. The molecule has 1 rings (SSSR count). The van der Waals surface area contributed by atoms with Gasteiger partial charge in [-0.3, -0.25) is 4.79 Å². The minimum atomic E-state index is -0.349. The van der Waals surface area contributed by atoms with Gasteiger partial charge in [0.1, 0.15) is 0 Å². The Labute approximate surface area is 110 Å². The maximum Gasteiger partial charge on any atom is 0.241 e. The van der Waals surface area contributed by atoms with E-state index < -0.39 is 0 Å². The van der Waals surface area contributed by atoms with Gasteiger partial charge in [-0.25, -0.2) is 0 Å². The summed E-state index contributed by atoms with van der Waals surface area (Å²) < 4.78 is 0. The van der Waals surface area contributed by atoms with Gasteiger partial charge < -0.3 is 5.73 Å². The molecule has 0 aliphatic carbocycles. The molecule has 0 aliphatic heterocycles. The zero-order chi connectivity index (χ0) is 13.1. The van der Waals surface area contributed by atoms with E-state index in [1.807, 2.05) is 6.08 Å². The highest BCUT2D eigenvalue weighted by Gasteiger charge is 1.93. The zero-order valence-electron chi connectivity index (χ0n) is 11.0. The molecule has 0 aliphatic rings. The summed E-state index contributed by atoms with van der Waals surface area (Å²) in [4.78, 5) is 10.4. The SMILES string of the molecule is NC(=O)/C=C/CCCCCCCc1ccccc1. The van der Waals surface area contributed by atoms with Crippen molar-refractivity contribution < 1.29 is 4.79 Å². The average molecular weight is 245 g/mol. The molecule has 1 aromatic carbocycles. The number of allylic oxidation sites excluding steroid dienone is 1. The van der Waals surface area contributed by atoms with E-state index in [9.17, 15) is 4.79 Å². The third-order valence-electron chi connectivity index (χ3n) is 2.96. The second kappa shape index (κ2) is 9.46. The van der Waals surface area contributed by atoms with Gasteiger partial charge in [-0.2, -0.15) is 0 Å². The maximum absolute atomic E-state index is 10.4. The van der Waals surface area contributed by atoms with E-state index in [0.717, 1.165) is 12.8 Å². The third kappa shape index (κ3) is 7.66. The van der Waals surface area contributed by atoms with Crippen LogP contribution in [0.15, 0.2) is 42.5 Å². The molecule has 0 spiro atoms. The van der Waals surface area contributed by atoms with Crippen molar-refractivity contribution in [2.24, 2.45) is 5.73 Å². The minimum Gasteiger partial charge on any atom is -0.366 e. The first kappa shape index (κ1) is 14.5. The first-order valence-electron chi connectivity index (χ1n) is 6.79. The lowest BCUT2D eigenvalue weighted by Gasteiger charge is -2.01. The number of hydrogen-bond acceptors (Lipinski definition) is 1. The second-order valence-corrected chi connectivity index (χ2v) is 4.60. The Bertz CT molecular complexity index is 357. The number of hydrogen-bond donors (Lipinski definition) is 1. The molecule has 98 valence electrons. The fourth-order valence-electron chi connectivity index (χ4n) is 1.97. The molecule has 2 N–H and O–H groups in total. The molecule has 0 radical (unpaired) electrons. The normalized spacial score (nSPS) is 10.9. The quantitative estimate of drug-likeness (QED) is 0.524. The fourth-order valence-corrected chi connectivity index (χ4v) is 1.97. The van der Waals surface area contributed by atoms with Crippen molar-refractivity contribution >= 4 is 5.91 Å². The van der Waals surface area contributed by atoms with Crippen LogP contribution in [0.5, 0.6) is 0 Å². The predicted octanol–water partition coefficient (Wildman–Crippen LogP) is 3.61. The number of primary amides is 1. The number of rotatable bonds is 9. The van der Waals surface area contributed by atoms with Crippen LogP contribution in [0.1, 0.15) is 44.1 Å². The molecule has 0 aromatic heterocycles. The molecule has 0 saturated carbocycles. The Morgan fingerprint density at radius 3 is 2.39 bits per heavy atom. The van der Waals surface area contributed by atoms with Crippen LogP contribution < -0.4 is 5.73 Å². The van der Waals surface area contributed by atoms with Crippen molar-refractivity contribution in [3.05, 3.63) is 48.0 Å². The molecule has 0 heterocycles. The molecule has 0 atom stereocenters. The summed E-state index contributed by atoms with van der Waals surface area (Å²) in [6, 6.07) is 10.6. The molecule has 2 nitrogen and oxygen atoms in total. The molecule has 18 heavy (non-hydrogen) atoms. The highest BCUT2D eigenvalue weighted by atomic mass is 16.1. The van der Waals surface area contributed by atoms with Crippen molar-refractivity contribution in [2.45, 2.75) is 44.9 Å². The van der Waals surface area contributed by atoms with Gasteiger partial charge in [-0.1, -0.05) is 55.7 Å². The fraction of sp³-hybridized carbons (Fsp3) is 0.438. The summed E-state index contributed by atoms with van der Waals surface area (Å²) in [5.74, 6) is -0.349. The third-order valence-corrected chi connectivity index (χ3v) is 2.96. The van der Waals surface area contributed by atoms with E-state index >= 15 is 0 Å². The highest BCUT2D eigenvalue weighted by Crippen LogP contribution is 2.09. The van der Waals surface area contributed by atoms with Crippen molar-refractivity contribution in [3.8, 4) is 0 Å². The number of aryl methyl sites for hydroxylation is 1. The number of benzene rings is 1. The van der Waals surface area contributed by atoms with Gasteiger partial charge in [-0.15, -0.1) is 0 Å². The lowest BCUT2D eigenvalue weighted by atomic mass is 10.0. The van der Waals surface area contributed by atoms with Crippen molar-refractivity contribution in [1.29, 1.82) is 0 Å². The van der Waals surface area contributed by atoms with Crippen LogP contribution in [0.4, 0.5) is 0 Å². The first-order valence-corrected chi connectivity index (χ1v) is 6.79. The van der Waals surface area contributed by atoms with Crippen LogP contribution in [0.3, 0.4) is 0 Å². The summed E-state index contributed by atoms with van der Waals surface area (Å²) in [5, 5.41) is 0. The Kier molecular flexibility index (Phi) is 7.61. The van der Waals surface area contributed by atoms with Gasteiger partial charge in [0.25, 0.3) is 0 Å². The van der Waals surface area contributed by atoms with Crippen LogP contribution in [0.2, 0.25) is 0 Å². The summed E-state index contributed by atoms with van der Waals surface area (Å²) >= 11 is 0. The molecule has 0 unspecified atom stereocenters. The van der Waals surface area contributed by atoms with Crippen LogP contribution in [-0.4, -0.2) is 5.91 Å². The average Bonchev–Trinajstić information content (AvgIpc) is 2.37. The Hall–Kier alpha value is -1.57. The maximum atomic E-state index is 10.4. The first-order chi connectivity index (χ1) is 8.79. The predicted molar refractivity (Wildman–Crippen MR) is 76.2 cm³/mol. The summed E-state index contributed by atoms with van der Waals surface area (Å²) in [6.07, 6.45) is 11.7. The number of carbonyl (C=O) groups is 1. The van der Waals surface area contributed by atoms with Crippen molar-refractivity contribution in [1.82, 2.24) is 0 Å². The highest BCUT2D eigenvalue weighted by molar-refractivity contribution is 5.85. The smallest absolute Gasteiger partial charge is 0.241 e. The van der Waals surface area contributed by atoms with Crippen LogP contribution in [-0.2, 0) is 11.2 Å². The van der Waals surface area contributed by atoms with Crippen LogP contribution >= 0.6 is 0 Å². The number of amides is 1. The lowest BCUT2D eigenvalue weighted by Crippen LogP contribution is -2.05. The Balaban J connectivity index is 1.92. The summed E-state index contributed by atoms with van der Waals surface area (Å²) in [7, 11) is 0. The number of unbranched alkanes of at least 4 members (excludes halogenated alkanes) is 5. The van der Waals surface area contributed by atoms with Gasteiger partial charge in [0.15, 0.2) is 0 Å². The van der Waals surface area contributed by atoms with Gasteiger partial charge in [0, 0.05) is 0 Å². The van der Waals surface area contributed by atoms with Crippen LogP contribution in [0.25, 0.3) is 0 Å². The largest absolute Gasteiger partial charge is 0.366 e. The van der Waals surface area contributed by atoms with Gasteiger partial charge >= 0.3 is 0 Å². The molecule has 0 saturated heterocycles. The molecular formula is C16H23NO. The van der Waals surface area contributed by atoms with Crippen molar-refractivity contribution in [2.75, 3.05) is 0 Å². The van der Waals surface area contributed by atoms with E-state index in [4.69, 9.17) is 5.73 Å².